The smallest absolute Gasteiger partial charge is 0.224 e. The zero-order valence-electron chi connectivity index (χ0n) is 11.4. The predicted molar refractivity (Wildman–Crippen MR) is 70.3 cm³/mol. The Morgan fingerprint density at radius 2 is 2.11 bits per heavy atom. The van der Waals surface area contributed by atoms with E-state index in [0.717, 1.165) is 6.20 Å². The fourth-order valence-corrected chi connectivity index (χ4v) is 1.63. The van der Waals surface area contributed by atoms with Crippen molar-refractivity contribution in [2.45, 2.75) is 33.3 Å². The molecule has 0 radical (unpaired) electrons. The Hall–Kier alpha value is -1.43. The topological polar surface area (TPSA) is 61.3 Å². The number of aromatic nitrogens is 2. The normalized spacial score (nSPS) is 11.4. The molecule has 102 valence electrons. The minimum Gasteiger partial charge on any atom is -0.389 e. The number of anilines is 2. The Kier molecular flexibility index (Phi) is 4.84. The second kappa shape index (κ2) is 5.95. The third-order valence-electron chi connectivity index (χ3n) is 2.32. The summed E-state index contributed by atoms with van der Waals surface area (Å²) < 4.78 is 13.7. The van der Waals surface area contributed by atoms with Crippen LogP contribution in [0.4, 0.5) is 16.2 Å². The number of aliphatic hydroxyl groups is 1. The molecule has 0 aromatic carbocycles. The molecule has 1 aromatic heterocycles. The molecule has 0 atom stereocenters. The predicted octanol–water partition coefficient (Wildman–Crippen LogP) is 1.64. The molecule has 0 amide bonds. The number of hydrogen-bond donors (Lipinski definition) is 2. The van der Waals surface area contributed by atoms with Gasteiger partial charge in [-0.25, -0.2) is 9.37 Å². The summed E-state index contributed by atoms with van der Waals surface area (Å²) in [5.41, 5.74) is -0.911. The molecule has 0 saturated carbocycles. The van der Waals surface area contributed by atoms with E-state index in [1.165, 1.54) is 0 Å². The standard InChI is InChI=1S/C12H21FN4O/c1-5-14-11-15-7-9(13)10(16-11)17(6-2)8-12(3,4)18/h7,18H,5-6,8H2,1-4H3,(H,14,15,16). The summed E-state index contributed by atoms with van der Waals surface area (Å²) in [6.07, 6.45) is 1.15. The molecular weight excluding hydrogens is 235 g/mol. The van der Waals surface area contributed by atoms with Crippen LogP contribution in [-0.4, -0.2) is 40.3 Å². The van der Waals surface area contributed by atoms with Crippen LogP contribution >= 0.6 is 0 Å². The fraction of sp³-hybridized carbons (Fsp3) is 0.667. The van der Waals surface area contributed by atoms with Crippen LogP contribution in [0.5, 0.6) is 0 Å². The van der Waals surface area contributed by atoms with Crippen molar-refractivity contribution in [1.82, 2.24) is 9.97 Å². The Balaban J connectivity index is 3.00. The van der Waals surface area contributed by atoms with Crippen molar-refractivity contribution in [2.24, 2.45) is 0 Å². The highest BCUT2D eigenvalue weighted by Gasteiger charge is 2.21. The third-order valence-corrected chi connectivity index (χ3v) is 2.32. The molecule has 2 N–H and O–H groups in total. The molecule has 6 heteroatoms. The molecule has 0 aliphatic heterocycles. The van der Waals surface area contributed by atoms with Gasteiger partial charge in [-0.1, -0.05) is 0 Å². The van der Waals surface area contributed by atoms with Crippen LogP contribution in [0.15, 0.2) is 6.20 Å². The number of nitrogens with zero attached hydrogens (tertiary/aromatic N) is 3. The van der Waals surface area contributed by atoms with E-state index in [9.17, 15) is 9.50 Å². The molecule has 0 saturated heterocycles. The first-order valence-corrected chi connectivity index (χ1v) is 6.11. The van der Waals surface area contributed by atoms with E-state index in [2.05, 4.69) is 15.3 Å². The number of nitrogens with one attached hydrogen (secondary N) is 1. The van der Waals surface area contributed by atoms with Crippen LogP contribution in [-0.2, 0) is 0 Å². The molecule has 0 fully saturated rings. The van der Waals surface area contributed by atoms with Crippen molar-refractivity contribution in [3.63, 3.8) is 0 Å². The highest BCUT2D eigenvalue weighted by Crippen LogP contribution is 2.19. The van der Waals surface area contributed by atoms with Gasteiger partial charge >= 0.3 is 0 Å². The fourth-order valence-electron chi connectivity index (χ4n) is 1.63. The SMILES string of the molecule is CCNc1ncc(F)c(N(CC)CC(C)(C)O)n1. The zero-order chi connectivity index (χ0) is 13.8. The van der Waals surface area contributed by atoms with E-state index in [0.29, 0.717) is 25.6 Å². The van der Waals surface area contributed by atoms with Crippen LogP contribution in [0.3, 0.4) is 0 Å². The molecule has 0 unspecified atom stereocenters. The van der Waals surface area contributed by atoms with Crippen LogP contribution in [0.25, 0.3) is 0 Å². The van der Waals surface area contributed by atoms with Crippen molar-refractivity contribution in [1.29, 1.82) is 0 Å². The van der Waals surface area contributed by atoms with E-state index in [1.54, 1.807) is 18.7 Å². The molecule has 5 nitrogen and oxygen atoms in total. The number of rotatable bonds is 6. The van der Waals surface area contributed by atoms with Gasteiger partial charge in [0.25, 0.3) is 0 Å². The molecule has 0 aliphatic rings. The Morgan fingerprint density at radius 1 is 1.44 bits per heavy atom. The van der Waals surface area contributed by atoms with E-state index in [1.807, 2.05) is 13.8 Å². The van der Waals surface area contributed by atoms with Gasteiger partial charge in [-0.15, -0.1) is 0 Å². The van der Waals surface area contributed by atoms with Crippen LogP contribution in [0, 0.1) is 5.82 Å². The molecule has 0 spiro atoms. The lowest BCUT2D eigenvalue weighted by Crippen LogP contribution is -2.39. The van der Waals surface area contributed by atoms with E-state index in [-0.39, 0.29) is 5.82 Å². The van der Waals surface area contributed by atoms with Crippen LogP contribution < -0.4 is 10.2 Å². The van der Waals surface area contributed by atoms with Gasteiger partial charge in [0.05, 0.1) is 11.8 Å². The van der Waals surface area contributed by atoms with Gasteiger partial charge in [0.15, 0.2) is 11.6 Å². The van der Waals surface area contributed by atoms with Crippen molar-refractivity contribution in [3.8, 4) is 0 Å². The average Bonchev–Trinajstić information content (AvgIpc) is 2.28. The minimum absolute atomic E-state index is 0.213. The van der Waals surface area contributed by atoms with Gasteiger partial charge < -0.3 is 15.3 Å². The molecule has 0 bridgehead atoms. The first kappa shape index (κ1) is 14.6. The first-order valence-electron chi connectivity index (χ1n) is 6.11. The lowest BCUT2D eigenvalue weighted by atomic mass is 10.1. The number of hydrogen-bond acceptors (Lipinski definition) is 5. The summed E-state index contributed by atoms with van der Waals surface area (Å²) in [6.45, 7) is 8.70. The summed E-state index contributed by atoms with van der Waals surface area (Å²) in [7, 11) is 0. The van der Waals surface area contributed by atoms with E-state index >= 15 is 0 Å². The maximum atomic E-state index is 13.7. The third kappa shape index (κ3) is 4.10. The van der Waals surface area contributed by atoms with E-state index < -0.39 is 11.4 Å². The molecular formula is C12H21FN4O. The monoisotopic (exact) mass is 256 g/mol. The van der Waals surface area contributed by atoms with Crippen molar-refractivity contribution < 1.29 is 9.50 Å². The lowest BCUT2D eigenvalue weighted by Gasteiger charge is -2.29. The maximum absolute atomic E-state index is 13.7. The zero-order valence-corrected chi connectivity index (χ0v) is 11.4. The minimum atomic E-state index is -0.911. The highest BCUT2D eigenvalue weighted by molar-refractivity contribution is 5.44. The lowest BCUT2D eigenvalue weighted by molar-refractivity contribution is 0.0872. The Morgan fingerprint density at radius 3 is 2.61 bits per heavy atom. The molecule has 1 heterocycles. The van der Waals surface area contributed by atoms with Gasteiger partial charge in [-0.05, 0) is 27.7 Å². The quantitative estimate of drug-likeness (QED) is 0.810. The molecule has 0 aliphatic carbocycles. The van der Waals surface area contributed by atoms with Gasteiger partial charge in [0.2, 0.25) is 5.95 Å². The van der Waals surface area contributed by atoms with Gasteiger partial charge in [-0.2, -0.15) is 4.98 Å². The largest absolute Gasteiger partial charge is 0.389 e. The second-order valence-electron chi connectivity index (χ2n) is 4.72. The number of likely N-dealkylation sites (N-methyl/N-ethyl adjacent to an activating group) is 1. The Bertz CT molecular complexity index is 392. The molecule has 1 rings (SSSR count). The summed E-state index contributed by atoms with van der Waals surface area (Å²) in [5, 5.41) is 12.8. The van der Waals surface area contributed by atoms with E-state index in [4.69, 9.17) is 0 Å². The van der Waals surface area contributed by atoms with Crippen molar-refractivity contribution >= 4 is 11.8 Å². The van der Waals surface area contributed by atoms with Crippen molar-refractivity contribution in [2.75, 3.05) is 29.9 Å². The van der Waals surface area contributed by atoms with Crippen LogP contribution in [0.2, 0.25) is 0 Å². The summed E-state index contributed by atoms with van der Waals surface area (Å²) in [6, 6.07) is 0. The molecule has 18 heavy (non-hydrogen) atoms. The second-order valence-corrected chi connectivity index (χ2v) is 4.72. The Labute approximate surface area is 107 Å². The summed E-state index contributed by atoms with van der Waals surface area (Å²) in [5.74, 6) is 0.122. The maximum Gasteiger partial charge on any atom is 0.224 e. The summed E-state index contributed by atoms with van der Waals surface area (Å²) >= 11 is 0. The van der Waals surface area contributed by atoms with Gasteiger partial charge in [0.1, 0.15) is 0 Å². The number of halogens is 1. The first-order chi connectivity index (χ1) is 8.37. The average molecular weight is 256 g/mol. The van der Waals surface area contributed by atoms with Gasteiger partial charge in [-0.3, -0.25) is 0 Å². The summed E-state index contributed by atoms with van der Waals surface area (Å²) in [4.78, 5) is 9.68. The van der Waals surface area contributed by atoms with Crippen molar-refractivity contribution in [3.05, 3.63) is 12.0 Å². The molecule has 1 aromatic rings. The highest BCUT2D eigenvalue weighted by atomic mass is 19.1. The van der Waals surface area contributed by atoms with Gasteiger partial charge in [0, 0.05) is 19.6 Å². The van der Waals surface area contributed by atoms with Crippen LogP contribution in [0.1, 0.15) is 27.7 Å².